The fraction of sp³-hybridized carbons (Fsp3) is 0.333. The second kappa shape index (κ2) is 11.2. The van der Waals surface area contributed by atoms with Crippen LogP contribution < -0.4 is 10.5 Å². The zero-order valence-electron chi connectivity index (χ0n) is 18.1. The Morgan fingerprint density at radius 2 is 1.70 bits per heavy atom. The second-order valence-corrected chi connectivity index (χ2v) is 7.60. The monoisotopic (exact) mass is 454 g/mol. The average molecular weight is 454 g/mol. The first-order valence-corrected chi connectivity index (χ1v) is 10.7. The maximum absolute atomic E-state index is 13.0. The molecule has 0 radical (unpaired) electrons. The molecule has 3 rings (SSSR count). The molecule has 2 aromatic rings. The van der Waals surface area contributed by atoms with Gasteiger partial charge in [0.05, 0.1) is 24.3 Å². The van der Waals surface area contributed by atoms with E-state index in [1.165, 1.54) is 6.07 Å². The summed E-state index contributed by atoms with van der Waals surface area (Å²) in [6.07, 6.45) is 0.763. The number of rotatable bonds is 13. The highest BCUT2D eigenvalue weighted by molar-refractivity contribution is 6.24. The van der Waals surface area contributed by atoms with Gasteiger partial charge in [-0.1, -0.05) is 36.4 Å². The molecule has 33 heavy (non-hydrogen) atoms. The number of fused-ring (bicyclic) bond motifs is 1. The van der Waals surface area contributed by atoms with Crippen LogP contribution in [0.2, 0.25) is 0 Å². The predicted octanol–water partition coefficient (Wildman–Crippen LogP) is 2.38. The summed E-state index contributed by atoms with van der Waals surface area (Å²) in [7, 11) is 0. The summed E-state index contributed by atoms with van der Waals surface area (Å²) in [5.74, 6) is -3.27. The number of unbranched alkanes of at least 4 members (excludes halogenated alkanes) is 1. The normalized spacial score (nSPS) is 13.6. The van der Waals surface area contributed by atoms with Crippen molar-refractivity contribution in [3.05, 3.63) is 65.2 Å². The Balaban J connectivity index is 1.56. The highest BCUT2D eigenvalue weighted by Crippen LogP contribution is 2.33. The Bertz CT molecular complexity index is 1020. The predicted molar refractivity (Wildman–Crippen MR) is 118 cm³/mol. The molecule has 1 aliphatic rings. The van der Waals surface area contributed by atoms with E-state index in [1.54, 1.807) is 12.1 Å². The molecule has 1 heterocycles. The third-order valence-electron chi connectivity index (χ3n) is 5.23. The number of nitrogens with zero attached hydrogens (tertiary/aromatic N) is 1. The summed E-state index contributed by atoms with van der Waals surface area (Å²) in [5.41, 5.74) is 6.61. The van der Waals surface area contributed by atoms with E-state index in [0.717, 1.165) is 16.9 Å². The van der Waals surface area contributed by atoms with Crippen LogP contribution in [0.5, 0.6) is 5.75 Å². The fourth-order valence-corrected chi connectivity index (χ4v) is 3.59. The number of primary amides is 1. The highest BCUT2D eigenvalue weighted by Gasteiger charge is 2.43. The molecule has 1 aliphatic heterocycles. The highest BCUT2D eigenvalue weighted by atomic mass is 16.5. The van der Waals surface area contributed by atoms with Crippen LogP contribution in [0.4, 0.5) is 0 Å². The maximum atomic E-state index is 13.0. The summed E-state index contributed by atoms with van der Waals surface area (Å²) < 4.78 is 11.4. The summed E-state index contributed by atoms with van der Waals surface area (Å²) in [5, 5.41) is 8.90. The van der Waals surface area contributed by atoms with Crippen molar-refractivity contribution in [1.29, 1.82) is 0 Å². The van der Waals surface area contributed by atoms with Crippen molar-refractivity contribution >= 4 is 23.7 Å². The molecule has 1 atom stereocenters. The smallest absolute Gasteiger partial charge is 0.303 e. The number of carbonyl (C=O) groups excluding carboxylic acids is 3. The third kappa shape index (κ3) is 5.95. The summed E-state index contributed by atoms with van der Waals surface area (Å²) in [4.78, 5) is 49.3. The van der Waals surface area contributed by atoms with Crippen molar-refractivity contribution in [2.45, 2.75) is 38.3 Å². The van der Waals surface area contributed by atoms with Gasteiger partial charge >= 0.3 is 5.97 Å². The van der Waals surface area contributed by atoms with E-state index in [4.69, 9.17) is 20.3 Å². The molecule has 3 amide bonds. The Hall–Kier alpha value is -3.72. The third-order valence-corrected chi connectivity index (χ3v) is 5.23. The van der Waals surface area contributed by atoms with Crippen LogP contribution in [0.25, 0.3) is 0 Å². The molecule has 3 N–H and O–H groups in total. The molecule has 0 spiro atoms. The molecular formula is C24H26N2O7. The zero-order chi connectivity index (χ0) is 23.8. The molecular weight excluding hydrogens is 428 g/mol. The molecule has 9 nitrogen and oxygen atoms in total. The molecule has 0 saturated carbocycles. The number of aliphatic carboxylic acids is 1. The first-order valence-electron chi connectivity index (χ1n) is 10.7. The van der Waals surface area contributed by atoms with Gasteiger partial charge in [-0.25, -0.2) is 0 Å². The van der Waals surface area contributed by atoms with E-state index >= 15 is 0 Å². The number of nitrogens with two attached hydrogens (primary N) is 1. The number of amides is 3. The number of hydrogen-bond acceptors (Lipinski definition) is 6. The second-order valence-electron chi connectivity index (χ2n) is 7.60. The van der Waals surface area contributed by atoms with Crippen LogP contribution in [-0.2, 0) is 20.9 Å². The minimum atomic E-state index is -1.34. The lowest BCUT2D eigenvalue weighted by Gasteiger charge is -2.22. The van der Waals surface area contributed by atoms with E-state index in [9.17, 15) is 19.2 Å². The van der Waals surface area contributed by atoms with Crippen molar-refractivity contribution in [2.75, 3.05) is 13.2 Å². The van der Waals surface area contributed by atoms with Gasteiger partial charge in [-0.2, -0.15) is 0 Å². The lowest BCUT2D eigenvalue weighted by atomic mass is 10.1. The van der Waals surface area contributed by atoms with Crippen LogP contribution in [0.1, 0.15) is 52.0 Å². The van der Waals surface area contributed by atoms with Gasteiger partial charge in [-0.3, -0.25) is 24.1 Å². The lowest BCUT2D eigenvalue weighted by Crippen LogP contribution is -2.48. The van der Waals surface area contributed by atoms with Crippen molar-refractivity contribution < 1.29 is 33.8 Å². The summed E-state index contributed by atoms with van der Waals surface area (Å²) in [6, 6.07) is 13.1. The lowest BCUT2D eigenvalue weighted by molar-refractivity contribution is -0.137. The van der Waals surface area contributed by atoms with Crippen molar-refractivity contribution in [3.63, 3.8) is 0 Å². The average Bonchev–Trinajstić information content (AvgIpc) is 3.05. The number of carbonyl (C=O) groups is 4. The molecule has 0 bridgehead atoms. The Morgan fingerprint density at radius 3 is 2.39 bits per heavy atom. The molecule has 0 aliphatic carbocycles. The zero-order valence-corrected chi connectivity index (χ0v) is 18.1. The maximum Gasteiger partial charge on any atom is 0.303 e. The van der Waals surface area contributed by atoms with Gasteiger partial charge < -0.3 is 20.3 Å². The number of imide groups is 1. The van der Waals surface area contributed by atoms with E-state index in [2.05, 4.69) is 0 Å². The molecule has 174 valence electrons. The Morgan fingerprint density at radius 1 is 0.970 bits per heavy atom. The minimum Gasteiger partial charge on any atom is -0.493 e. The molecule has 0 saturated heterocycles. The number of ether oxygens (including phenoxy) is 2. The molecule has 9 heteroatoms. The van der Waals surface area contributed by atoms with E-state index in [1.807, 2.05) is 30.3 Å². The Kier molecular flexibility index (Phi) is 8.15. The van der Waals surface area contributed by atoms with Crippen molar-refractivity contribution in [3.8, 4) is 5.75 Å². The quantitative estimate of drug-likeness (QED) is 0.350. The van der Waals surface area contributed by atoms with Gasteiger partial charge in [0.15, 0.2) is 0 Å². The number of carboxylic acid groups (broad SMARTS) is 1. The summed E-state index contributed by atoms with van der Waals surface area (Å²) in [6.45, 7) is 1.40. The fourth-order valence-electron chi connectivity index (χ4n) is 3.59. The molecule has 0 fully saturated rings. The summed E-state index contributed by atoms with van der Waals surface area (Å²) >= 11 is 0. The van der Waals surface area contributed by atoms with Gasteiger partial charge in [-0.05, 0) is 37.0 Å². The van der Waals surface area contributed by atoms with Crippen LogP contribution in [-0.4, -0.2) is 53.0 Å². The van der Waals surface area contributed by atoms with Gasteiger partial charge in [0.1, 0.15) is 11.8 Å². The SMILES string of the molecule is NC(=O)[C@H](CCC(=O)O)N1C(=O)c2cccc(OCCCCOCc3ccccc3)c2C1=O. The number of carboxylic acids is 1. The van der Waals surface area contributed by atoms with Crippen molar-refractivity contribution in [2.24, 2.45) is 5.73 Å². The standard InChI is InChI=1S/C24H26N2O7/c25-22(29)18(11-12-20(27)28)26-23(30)17-9-6-10-19(21(17)24(26)31)33-14-5-4-13-32-15-16-7-2-1-3-8-16/h1-3,6-10,18H,4-5,11-15H2,(H2,25,29)(H,27,28)/t18-/m0/s1. The van der Waals surface area contributed by atoms with Gasteiger partial charge in [0.25, 0.3) is 11.8 Å². The van der Waals surface area contributed by atoms with Gasteiger partial charge in [0, 0.05) is 13.0 Å². The van der Waals surface area contributed by atoms with Crippen LogP contribution in [0.15, 0.2) is 48.5 Å². The number of hydrogen-bond donors (Lipinski definition) is 2. The molecule has 0 aromatic heterocycles. The largest absolute Gasteiger partial charge is 0.493 e. The molecule has 2 aromatic carbocycles. The first-order chi connectivity index (χ1) is 15.9. The minimum absolute atomic E-state index is 0.0596. The van der Waals surface area contributed by atoms with Gasteiger partial charge in [0.2, 0.25) is 5.91 Å². The molecule has 0 unspecified atom stereocenters. The van der Waals surface area contributed by atoms with Crippen LogP contribution in [0.3, 0.4) is 0 Å². The van der Waals surface area contributed by atoms with E-state index < -0.39 is 36.2 Å². The van der Waals surface area contributed by atoms with E-state index in [-0.39, 0.29) is 23.3 Å². The topological polar surface area (TPSA) is 136 Å². The number of benzene rings is 2. The van der Waals surface area contributed by atoms with E-state index in [0.29, 0.717) is 26.2 Å². The van der Waals surface area contributed by atoms with Crippen LogP contribution >= 0.6 is 0 Å². The first kappa shape index (κ1) is 23.9. The Labute approximate surface area is 191 Å². The van der Waals surface area contributed by atoms with Gasteiger partial charge in [-0.15, -0.1) is 0 Å². The van der Waals surface area contributed by atoms with Crippen LogP contribution in [0, 0.1) is 0 Å². The van der Waals surface area contributed by atoms with Crippen molar-refractivity contribution in [1.82, 2.24) is 4.90 Å².